The maximum atomic E-state index is 14.1. The first-order valence-corrected chi connectivity index (χ1v) is 15.0. The highest BCUT2D eigenvalue weighted by atomic mass is 19.3. The Morgan fingerprint density at radius 3 is 2.52 bits per heavy atom. The average Bonchev–Trinajstić information content (AvgIpc) is 3.63. The monoisotopic (exact) mass is 630 g/mol. The summed E-state index contributed by atoms with van der Waals surface area (Å²) in [4.78, 5) is 27.3. The Labute approximate surface area is 264 Å². The lowest BCUT2D eigenvalue weighted by atomic mass is 9.87. The van der Waals surface area contributed by atoms with Crippen molar-refractivity contribution in [3.8, 4) is 22.9 Å². The second-order valence-corrected chi connectivity index (χ2v) is 11.6. The molecule has 0 saturated carbocycles. The number of amides is 1. The first-order valence-electron chi connectivity index (χ1n) is 15.0. The number of Topliss-reactive ketones (excluding diaryl/α,β-unsaturated/α-hetero) is 1. The summed E-state index contributed by atoms with van der Waals surface area (Å²) in [5.41, 5.74) is 11.0. The quantitative estimate of drug-likeness (QED) is 0.202. The Balaban J connectivity index is 1.22. The van der Waals surface area contributed by atoms with Crippen LogP contribution in [0.2, 0.25) is 0 Å². The van der Waals surface area contributed by atoms with Crippen molar-refractivity contribution >= 4 is 23.6 Å². The molecule has 8 nitrogen and oxygen atoms in total. The minimum Gasteiger partial charge on any atom is -0.487 e. The van der Waals surface area contributed by atoms with E-state index in [9.17, 15) is 22.8 Å². The zero-order valence-electron chi connectivity index (χ0n) is 25.4. The number of benzene rings is 3. The molecule has 1 aliphatic heterocycles. The van der Waals surface area contributed by atoms with Crippen molar-refractivity contribution in [2.45, 2.75) is 45.5 Å². The summed E-state index contributed by atoms with van der Waals surface area (Å²) < 4.78 is 53.0. The van der Waals surface area contributed by atoms with Gasteiger partial charge in [-0.15, -0.1) is 0 Å². The molecule has 3 aromatic carbocycles. The number of ketones is 1. The Morgan fingerprint density at radius 1 is 1.07 bits per heavy atom. The van der Waals surface area contributed by atoms with E-state index in [1.807, 2.05) is 13.0 Å². The Bertz CT molecular complexity index is 1840. The van der Waals surface area contributed by atoms with Crippen molar-refractivity contribution in [1.29, 1.82) is 0 Å². The van der Waals surface area contributed by atoms with Crippen LogP contribution in [0, 0.1) is 12.7 Å². The molecule has 11 heteroatoms. The SMILES string of the molecule is CC(=O)N1CCC(c2cc3c(cc2OCC(F)F)C=C(C(=O)c2cnn(-c4ccc(Oc5ccccc5F)cc4C)c2N)C3)CC1. The summed E-state index contributed by atoms with van der Waals surface area (Å²) in [6.45, 7) is 3.79. The van der Waals surface area contributed by atoms with Gasteiger partial charge in [-0.1, -0.05) is 18.2 Å². The third-order valence-electron chi connectivity index (χ3n) is 8.53. The molecule has 46 heavy (non-hydrogen) atoms. The lowest BCUT2D eigenvalue weighted by Crippen LogP contribution is -2.36. The molecule has 1 saturated heterocycles. The largest absolute Gasteiger partial charge is 0.487 e. The van der Waals surface area contributed by atoms with Crippen LogP contribution in [-0.4, -0.2) is 52.5 Å². The molecule has 0 atom stereocenters. The Kier molecular flexibility index (Phi) is 8.57. The second kappa shape index (κ2) is 12.7. The number of para-hydroxylation sites is 1. The van der Waals surface area contributed by atoms with Crippen LogP contribution in [0.5, 0.6) is 17.2 Å². The number of nitrogen functional groups attached to an aromatic ring is 1. The van der Waals surface area contributed by atoms with Crippen LogP contribution in [0.1, 0.15) is 58.3 Å². The van der Waals surface area contributed by atoms with Crippen molar-refractivity contribution in [2.24, 2.45) is 0 Å². The molecule has 1 amide bonds. The molecule has 2 N–H and O–H groups in total. The number of likely N-dealkylation sites (tertiary alicyclic amines) is 1. The highest BCUT2D eigenvalue weighted by Gasteiger charge is 2.29. The molecule has 1 aliphatic carbocycles. The van der Waals surface area contributed by atoms with Gasteiger partial charge in [-0.2, -0.15) is 5.10 Å². The van der Waals surface area contributed by atoms with Gasteiger partial charge in [0.2, 0.25) is 5.91 Å². The predicted octanol–water partition coefficient (Wildman–Crippen LogP) is 6.89. The van der Waals surface area contributed by atoms with Crippen molar-refractivity contribution < 1.29 is 32.2 Å². The standard InChI is InChI=1S/C35H33F3N4O4/c1-20-13-26(46-31-6-4-3-5-29(31)36)7-8-30(20)42-35(39)28(18-40-42)34(44)25-14-23-16-27(22-9-11-41(12-10-22)21(2)43)32(17-24(23)15-25)45-19-33(37)38/h3-8,13,15-18,22,33H,9-12,14,19,39H2,1-2H3. The van der Waals surface area contributed by atoms with Crippen LogP contribution >= 0.6 is 0 Å². The Morgan fingerprint density at radius 2 is 1.83 bits per heavy atom. The van der Waals surface area contributed by atoms with Gasteiger partial charge in [0.25, 0.3) is 6.43 Å². The average molecular weight is 631 g/mol. The summed E-state index contributed by atoms with van der Waals surface area (Å²) in [5, 5.41) is 4.39. The zero-order chi connectivity index (χ0) is 32.5. The lowest BCUT2D eigenvalue weighted by Gasteiger charge is -2.32. The predicted molar refractivity (Wildman–Crippen MR) is 167 cm³/mol. The van der Waals surface area contributed by atoms with E-state index in [1.54, 1.807) is 47.4 Å². The normalized spacial score (nSPS) is 14.7. The molecule has 0 bridgehead atoms. The summed E-state index contributed by atoms with van der Waals surface area (Å²) in [6.07, 6.45) is 2.25. The summed E-state index contributed by atoms with van der Waals surface area (Å²) in [5.74, 6) is 0.347. The van der Waals surface area contributed by atoms with E-state index < -0.39 is 18.8 Å². The van der Waals surface area contributed by atoms with Gasteiger partial charge in [0, 0.05) is 32.0 Å². The number of aryl methyl sites for hydroxylation is 1. The Hall–Kier alpha value is -5.06. The summed E-state index contributed by atoms with van der Waals surface area (Å²) >= 11 is 0. The number of ether oxygens (including phenoxy) is 2. The van der Waals surface area contributed by atoms with Crippen molar-refractivity contribution in [2.75, 3.05) is 25.4 Å². The molecule has 2 heterocycles. The first-order chi connectivity index (χ1) is 22.1. The van der Waals surface area contributed by atoms with E-state index in [0.717, 1.165) is 22.3 Å². The minimum atomic E-state index is -2.63. The van der Waals surface area contributed by atoms with Crippen LogP contribution in [-0.2, 0) is 11.2 Å². The lowest BCUT2D eigenvalue weighted by molar-refractivity contribution is -0.129. The molecule has 238 valence electrons. The number of piperidine rings is 1. The first kappa shape index (κ1) is 30.9. The number of fused-ring (bicyclic) bond motifs is 1. The van der Waals surface area contributed by atoms with E-state index in [4.69, 9.17) is 15.2 Å². The van der Waals surface area contributed by atoms with Crippen molar-refractivity contribution in [3.05, 3.63) is 100 Å². The van der Waals surface area contributed by atoms with E-state index in [-0.39, 0.29) is 34.7 Å². The van der Waals surface area contributed by atoms with Gasteiger partial charge >= 0.3 is 0 Å². The van der Waals surface area contributed by atoms with Crippen LogP contribution < -0.4 is 15.2 Å². The van der Waals surface area contributed by atoms with Gasteiger partial charge < -0.3 is 20.1 Å². The van der Waals surface area contributed by atoms with E-state index in [1.165, 1.54) is 29.9 Å². The molecule has 1 fully saturated rings. The number of allylic oxidation sites excluding steroid dienone is 1. The maximum absolute atomic E-state index is 14.1. The number of carbonyl (C=O) groups is 2. The number of aromatic nitrogens is 2. The molecule has 2 aliphatic rings. The summed E-state index contributed by atoms with van der Waals surface area (Å²) in [7, 11) is 0. The fraction of sp³-hybridized carbons (Fsp3) is 0.286. The molecule has 1 aromatic heterocycles. The van der Waals surface area contributed by atoms with Gasteiger partial charge in [-0.25, -0.2) is 17.9 Å². The van der Waals surface area contributed by atoms with Gasteiger partial charge in [-0.3, -0.25) is 9.59 Å². The number of rotatable bonds is 9. The fourth-order valence-electron chi connectivity index (χ4n) is 6.12. The smallest absolute Gasteiger partial charge is 0.272 e. The summed E-state index contributed by atoms with van der Waals surface area (Å²) in [6, 6.07) is 14.9. The van der Waals surface area contributed by atoms with E-state index >= 15 is 0 Å². The molecule has 4 aromatic rings. The van der Waals surface area contributed by atoms with Crippen LogP contribution in [0.3, 0.4) is 0 Å². The van der Waals surface area contributed by atoms with Gasteiger partial charge in [-0.05, 0) is 90.4 Å². The van der Waals surface area contributed by atoms with Gasteiger partial charge in [0.1, 0.15) is 23.9 Å². The van der Waals surface area contributed by atoms with Crippen LogP contribution in [0.15, 0.2) is 66.4 Å². The number of hydrogen-bond acceptors (Lipinski definition) is 6. The zero-order valence-corrected chi connectivity index (χ0v) is 25.4. The number of hydrogen-bond donors (Lipinski definition) is 1. The molecule has 0 unspecified atom stereocenters. The van der Waals surface area contributed by atoms with Crippen molar-refractivity contribution in [1.82, 2.24) is 14.7 Å². The van der Waals surface area contributed by atoms with Gasteiger partial charge in [0.05, 0.1) is 17.4 Å². The minimum absolute atomic E-state index is 0.0115. The molecule has 0 spiro atoms. The number of nitrogens with two attached hydrogens (primary N) is 1. The molecular weight excluding hydrogens is 597 g/mol. The number of anilines is 1. The van der Waals surface area contributed by atoms with Gasteiger partial charge in [0.15, 0.2) is 17.3 Å². The number of halogens is 3. The van der Waals surface area contributed by atoms with Crippen LogP contribution in [0.25, 0.3) is 11.8 Å². The molecule has 0 radical (unpaired) electrons. The number of nitrogens with zero attached hydrogens (tertiary/aromatic N) is 3. The number of carbonyl (C=O) groups excluding carboxylic acids is 2. The maximum Gasteiger partial charge on any atom is 0.272 e. The molecule has 6 rings (SSSR count). The van der Waals surface area contributed by atoms with Crippen molar-refractivity contribution in [3.63, 3.8) is 0 Å². The fourth-order valence-corrected chi connectivity index (χ4v) is 6.12. The topological polar surface area (TPSA) is 99.7 Å². The van der Waals surface area contributed by atoms with E-state index in [2.05, 4.69) is 5.10 Å². The van der Waals surface area contributed by atoms with E-state index in [0.29, 0.717) is 55.1 Å². The highest BCUT2D eigenvalue weighted by Crippen LogP contribution is 2.40. The number of alkyl halides is 2. The molecular formula is C35H33F3N4O4. The third-order valence-corrected chi connectivity index (χ3v) is 8.53. The van der Waals surface area contributed by atoms with Crippen LogP contribution in [0.4, 0.5) is 19.0 Å². The second-order valence-electron chi connectivity index (χ2n) is 11.6. The third kappa shape index (κ3) is 6.22. The highest BCUT2D eigenvalue weighted by molar-refractivity contribution is 6.15.